The van der Waals surface area contributed by atoms with Crippen LogP contribution in [0.4, 0.5) is 24.7 Å². The molecule has 1 aliphatic rings. The zero-order valence-corrected chi connectivity index (χ0v) is 17.5. The molecule has 0 atom stereocenters. The standard InChI is InChI=1S/C22H18ClF3N4O2/c23-22(25,26)32-16-5-3-15(4-6-16)29-21(31)14-11-17(18-13-27-8-7-19(18)24)20(28-12-14)30-9-1-2-10-30/h3-8,11-13H,1-2,9-10H2,(H,29,31). The van der Waals surface area contributed by atoms with Crippen molar-refractivity contribution in [3.8, 4) is 16.9 Å². The van der Waals surface area contributed by atoms with E-state index in [0.29, 0.717) is 17.1 Å². The van der Waals surface area contributed by atoms with Gasteiger partial charge < -0.3 is 15.0 Å². The van der Waals surface area contributed by atoms with Gasteiger partial charge in [-0.1, -0.05) is 0 Å². The summed E-state index contributed by atoms with van der Waals surface area (Å²) < 4.78 is 44.2. The second kappa shape index (κ2) is 9.04. The molecule has 0 spiro atoms. The lowest BCUT2D eigenvalue weighted by molar-refractivity contribution is -0.0964. The van der Waals surface area contributed by atoms with Gasteiger partial charge in [-0.3, -0.25) is 9.78 Å². The molecule has 3 aromatic rings. The summed E-state index contributed by atoms with van der Waals surface area (Å²) in [4.78, 5) is 23.3. The molecule has 2 aromatic heterocycles. The number of aromatic nitrogens is 2. The van der Waals surface area contributed by atoms with E-state index in [4.69, 9.17) is 11.6 Å². The number of hydrogen-bond donors (Lipinski definition) is 1. The Balaban J connectivity index is 1.60. The molecule has 1 N–H and O–H groups in total. The monoisotopic (exact) mass is 462 g/mol. The fraction of sp³-hybridized carbons (Fsp3) is 0.227. The molecule has 0 radical (unpaired) electrons. The number of carbonyl (C=O) groups excluding carboxylic acids is 1. The number of carbonyl (C=O) groups is 1. The molecular weight excluding hydrogens is 445 g/mol. The van der Waals surface area contributed by atoms with Crippen LogP contribution >= 0.6 is 11.6 Å². The van der Waals surface area contributed by atoms with Gasteiger partial charge in [0.25, 0.3) is 5.91 Å². The second-order valence-electron chi connectivity index (χ2n) is 7.17. The van der Waals surface area contributed by atoms with E-state index in [1.54, 1.807) is 6.07 Å². The lowest BCUT2D eigenvalue weighted by atomic mass is 10.0. The molecule has 0 unspecified atom stereocenters. The number of pyridine rings is 2. The Morgan fingerprint density at radius 2 is 1.81 bits per heavy atom. The summed E-state index contributed by atoms with van der Waals surface area (Å²) in [6, 6.07) is 8.10. The molecule has 1 aromatic carbocycles. The maximum absolute atomic E-state index is 14.5. The number of hydrogen-bond acceptors (Lipinski definition) is 5. The van der Waals surface area contributed by atoms with Crippen LogP contribution in [-0.4, -0.2) is 34.5 Å². The summed E-state index contributed by atoms with van der Waals surface area (Å²) in [5.41, 5.74) is -2.55. The smallest absolute Gasteiger partial charge is 0.420 e. The summed E-state index contributed by atoms with van der Waals surface area (Å²) in [5, 5.41) is 2.65. The number of benzene rings is 1. The van der Waals surface area contributed by atoms with Gasteiger partial charge in [0.1, 0.15) is 17.4 Å². The first-order chi connectivity index (χ1) is 15.3. The summed E-state index contributed by atoms with van der Waals surface area (Å²) in [6.45, 7) is 1.59. The van der Waals surface area contributed by atoms with Crippen LogP contribution in [0.25, 0.3) is 11.1 Å². The highest BCUT2D eigenvalue weighted by Gasteiger charge is 2.27. The normalized spacial score (nSPS) is 13.8. The lowest BCUT2D eigenvalue weighted by Gasteiger charge is -2.21. The minimum absolute atomic E-state index is 0.158. The van der Waals surface area contributed by atoms with Crippen LogP contribution < -0.4 is 15.0 Å². The molecule has 0 bridgehead atoms. The van der Waals surface area contributed by atoms with Crippen LogP contribution in [-0.2, 0) is 0 Å². The van der Waals surface area contributed by atoms with E-state index in [0.717, 1.165) is 25.9 Å². The maximum atomic E-state index is 14.5. The van der Waals surface area contributed by atoms with Crippen molar-refractivity contribution in [2.45, 2.75) is 18.4 Å². The molecule has 0 aliphatic carbocycles. The minimum Gasteiger partial charge on any atom is -0.420 e. The van der Waals surface area contributed by atoms with Crippen molar-refractivity contribution in [1.29, 1.82) is 0 Å². The SMILES string of the molecule is O=C(Nc1ccc(OC(F)(F)Cl)cc1)c1cnc(N2CCCC2)c(-c2cnccc2F)c1. The highest BCUT2D eigenvalue weighted by Crippen LogP contribution is 2.33. The third-order valence-corrected chi connectivity index (χ3v) is 5.02. The third kappa shape index (κ3) is 5.11. The largest absolute Gasteiger partial charge is 0.487 e. The van der Waals surface area contributed by atoms with E-state index in [9.17, 15) is 18.0 Å². The zero-order valence-electron chi connectivity index (χ0n) is 16.7. The zero-order chi connectivity index (χ0) is 22.7. The van der Waals surface area contributed by atoms with Crippen LogP contribution in [0.2, 0.25) is 0 Å². The average Bonchev–Trinajstić information content (AvgIpc) is 3.29. The minimum atomic E-state index is -3.83. The van der Waals surface area contributed by atoms with Gasteiger partial charge in [0, 0.05) is 60.1 Å². The maximum Gasteiger partial charge on any atom is 0.487 e. The van der Waals surface area contributed by atoms with Crippen molar-refractivity contribution in [3.05, 3.63) is 66.4 Å². The van der Waals surface area contributed by atoms with Gasteiger partial charge in [-0.05, 0) is 49.2 Å². The number of rotatable bonds is 6. The summed E-state index contributed by atoms with van der Waals surface area (Å²) in [6.07, 6.45) is 6.19. The summed E-state index contributed by atoms with van der Waals surface area (Å²) >= 11 is 4.74. The molecule has 32 heavy (non-hydrogen) atoms. The Hall–Kier alpha value is -3.33. The fourth-order valence-corrected chi connectivity index (χ4v) is 3.57. The number of alkyl halides is 3. The van der Waals surface area contributed by atoms with E-state index in [1.165, 1.54) is 48.9 Å². The number of halogens is 4. The first kappa shape index (κ1) is 21.9. The van der Waals surface area contributed by atoms with Crippen LogP contribution in [0.1, 0.15) is 23.2 Å². The molecular formula is C22H18ClF3N4O2. The fourth-order valence-electron chi connectivity index (χ4n) is 3.48. The highest BCUT2D eigenvalue weighted by molar-refractivity contribution is 6.20. The molecule has 0 saturated carbocycles. The molecule has 4 rings (SSSR count). The van der Waals surface area contributed by atoms with Crippen molar-refractivity contribution >= 4 is 29.0 Å². The molecule has 3 heterocycles. The van der Waals surface area contributed by atoms with E-state index < -0.39 is 17.3 Å². The Kier molecular flexibility index (Phi) is 6.18. The number of nitrogens with zero attached hydrogens (tertiary/aromatic N) is 3. The lowest BCUT2D eigenvalue weighted by Crippen LogP contribution is -2.21. The van der Waals surface area contributed by atoms with Gasteiger partial charge in [0.05, 0.1) is 5.56 Å². The third-order valence-electron chi connectivity index (χ3n) is 4.94. The van der Waals surface area contributed by atoms with Crippen molar-refractivity contribution < 1.29 is 22.7 Å². The van der Waals surface area contributed by atoms with E-state index in [1.807, 2.05) is 0 Å². The average molecular weight is 463 g/mol. The van der Waals surface area contributed by atoms with Gasteiger partial charge in [-0.25, -0.2) is 9.37 Å². The van der Waals surface area contributed by atoms with Gasteiger partial charge in [0.15, 0.2) is 0 Å². The first-order valence-corrected chi connectivity index (χ1v) is 10.2. The predicted molar refractivity (Wildman–Crippen MR) is 115 cm³/mol. The van der Waals surface area contributed by atoms with Crippen LogP contribution in [0.5, 0.6) is 5.75 Å². The molecule has 10 heteroatoms. The molecule has 166 valence electrons. The Labute approximate surface area is 187 Å². The highest BCUT2D eigenvalue weighted by atomic mass is 35.5. The Bertz CT molecular complexity index is 1120. The molecule has 1 saturated heterocycles. The summed E-state index contributed by atoms with van der Waals surface area (Å²) in [7, 11) is 0. The number of anilines is 2. The molecule has 1 amide bonds. The Morgan fingerprint density at radius 1 is 1.09 bits per heavy atom. The van der Waals surface area contributed by atoms with Crippen LogP contribution in [0.3, 0.4) is 0 Å². The molecule has 6 nitrogen and oxygen atoms in total. The number of nitrogens with one attached hydrogen (secondary N) is 1. The van der Waals surface area contributed by atoms with Gasteiger partial charge in [-0.2, -0.15) is 0 Å². The second-order valence-corrected chi connectivity index (χ2v) is 7.61. The van der Waals surface area contributed by atoms with E-state index in [-0.39, 0.29) is 16.9 Å². The van der Waals surface area contributed by atoms with Gasteiger partial charge in [-0.15, -0.1) is 8.78 Å². The quantitative estimate of drug-likeness (QED) is 0.503. The van der Waals surface area contributed by atoms with E-state index >= 15 is 0 Å². The molecule has 1 aliphatic heterocycles. The van der Waals surface area contributed by atoms with Crippen LogP contribution in [0, 0.1) is 5.82 Å². The van der Waals surface area contributed by atoms with Crippen molar-refractivity contribution in [2.75, 3.05) is 23.3 Å². The molecule has 1 fully saturated rings. The van der Waals surface area contributed by atoms with Crippen molar-refractivity contribution in [3.63, 3.8) is 0 Å². The van der Waals surface area contributed by atoms with E-state index in [2.05, 4.69) is 24.9 Å². The predicted octanol–water partition coefficient (Wildman–Crippen LogP) is 5.30. The number of amides is 1. The summed E-state index contributed by atoms with van der Waals surface area (Å²) in [5.74, 6) is -0.526. The van der Waals surface area contributed by atoms with Gasteiger partial charge in [0.2, 0.25) is 0 Å². The topological polar surface area (TPSA) is 67.3 Å². The first-order valence-electron chi connectivity index (χ1n) is 9.82. The van der Waals surface area contributed by atoms with Gasteiger partial charge >= 0.3 is 5.57 Å². The van der Waals surface area contributed by atoms with Crippen LogP contribution in [0.15, 0.2) is 55.0 Å². The Morgan fingerprint density at radius 3 is 2.47 bits per heavy atom. The van der Waals surface area contributed by atoms with Crippen molar-refractivity contribution in [2.24, 2.45) is 0 Å². The number of ether oxygens (including phenoxy) is 1. The van der Waals surface area contributed by atoms with Crippen molar-refractivity contribution in [1.82, 2.24) is 9.97 Å².